The highest BCUT2D eigenvalue weighted by Crippen LogP contribution is 2.54. The molecule has 2 heterocycles. The fourth-order valence-corrected chi connectivity index (χ4v) is 6.11. The van der Waals surface area contributed by atoms with Crippen LogP contribution in [-0.2, 0) is 0 Å². The number of ether oxygens (including phenoxy) is 2. The average molecular weight is 514 g/mol. The molecule has 0 spiro atoms. The minimum atomic E-state index is -0.246. The SMILES string of the molecule is C[C@@H]1[C@@H](C)CCN1CCOc1ccc([C@@H]2Oc3ccc(O)cc3S[C@@H]2c2cccc(O)c2)cc1.Cl. The Morgan fingerprint density at radius 3 is 2.46 bits per heavy atom. The largest absolute Gasteiger partial charge is 0.508 e. The first-order valence-corrected chi connectivity index (χ1v) is 12.8. The second kappa shape index (κ2) is 11.0. The van der Waals surface area contributed by atoms with Gasteiger partial charge in [-0.1, -0.05) is 31.2 Å². The molecule has 5 nitrogen and oxygen atoms in total. The van der Waals surface area contributed by atoms with Gasteiger partial charge in [0.15, 0.2) is 0 Å². The van der Waals surface area contributed by atoms with E-state index >= 15 is 0 Å². The number of nitrogens with zero attached hydrogens (tertiary/aromatic N) is 1. The molecule has 1 fully saturated rings. The molecule has 0 aromatic heterocycles. The van der Waals surface area contributed by atoms with Crippen LogP contribution >= 0.6 is 24.2 Å². The van der Waals surface area contributed by atoms with Crippen LogP contribution in [0.5, 0.6) is 23.0 Å². The zero-order valence-electron chi connectivity index (χ0n) is 20.0. The Kier molecular flexibility index (Phi) is 8.05. The lowest BCUT2D eigenvalue weighted by atomic mass is 10.00. The van der Waals surface area contributed by atoms with Gasteiger partial charge in [0.1, 0.15) is 35.7 Å². The third-order valence-corrected chi connectivity index (χ3v) is 8.38. The first-order valence-electron chi connectivity index (χ1n) is 11.9. The lowest BCUT2D eigenvalue weighted by Crippen LogP contribution is -2.33. The molecule has 35 heavy (non-hydrogen) atoms. The van der Waals surface area contributed by atoms with E-state index in [4.69, 9.17) is 9.47 Å². The van der Waals surface area contributed by atoms with Crippen LogP contribution < -0.4 is 9.47 Å². The van der Waals surface area contributed by atoms with Crippen molar-refractivity contribution in [1.29, 1.82) is 0 Å². The maximum atomic E-state index is 10.1. The van der Waals surface area contributed by atoms with Gasteiger partial charge in [-0.25, -0.2) is 0 Å². The first-order chi connectivity index (χ1) is 16.5. The monoisotopic (exact) mass is 513 g/mol. The second-order valence-corrected chi connectivity index (χ2v) is 10.4. The van der Waals surface area contributed by atoms with Crippen molar-refractivity contribution < 1.29 is 19.7 Å². The molecular formula is C28H32ClNO4S. The van der Waals surface area contributed by atoms with Gasteiger partial charge in [-0.15, -0.1) is 24.2 Å². The summed E-state index contributed by atoms with van der Waals surface area (Å²) in [7, 11) is 0. The van der Waals surface area contributed by atoms with Gasteiger partial charge in [0.25, 0.3) is 0 Å². The molecule has 4 atom stereocenters. The highest BCUT2D eigenvalue weighted by Gasteiger charge is 2.34. The summed E-state index contributed by atoms with van der Waals surface area (Å²) in [5.41, 5.74) is 2.01. The number of rotatable bonds is 6. The molecule has 3 aromatic rings. The van der Waals surface area contributed by atoms with Crippen LogP contribution in [-0.4, -0.2) is 40.9 Å². The maximum Gasteiger partial charge on any atom is 0.140 e. The van der Waals surface area contributed by atoms with Crippen LogP contribution in [0.25, 0.3) is 0 Å². The predicted octanol–water partition coefficient (Wildman–Crippen LogP) is 6.60. The van der Waals surface area contributed by atoms with E-state index in [1.165, 1.54) is 6.42 Å². The normalized spacial score (nSPS) is 23.7. The third kappa shape index (κ3) is 5.66. The van der Waals surface area contributed by atoms with Gasteiger partial charge in [-0.05, 0) is 79.4 Å². The Morgan fingerprint density at radius 2 is 1.74 bits per heavy atom. The highest BCUT2D eigenvalue weighted by atomic mass is 35.5. The van der Waals surface area contributed by atoms with Crippen molar-refractivity contribution >= 4 is 24.2 Å². The van der Waals surface area contributed by atoms with E-state index in [0.29, 0.717) is 12.6 Å². The molecule has 2 N–H and O–H groups in total. The average Bonchev–Trinajstić information content (AvgIpc) is 3.16. The van der Waals surface area contributed by atoms with Gasteiger partial charge in [-0.3, -0.25) is 4.90 Å². The molecule has 0 bridgehead atoms. The van der Waals surface area contributed by atoms with E-state index in [9.17, 15) is 10.2 Å². The summed E-state index contributed by atoms with van der Waals surface area (Å²) in [5.74, 6) is 2.79. The van der Waals surface area contributed by atoms with Crippen molar-refractivity contribution in [1.82, 2.24) is 4.90 Å². The molecule has 1 saturated heterocycles. The fraction of sp³-hybridized carbons (Fsp3) is 0.357. The van der Waals surface area contributed by atoms with E-state index in [1.807, 2.05) is 24.3 Å². The minimum Gasteiger partial charge on any atom is -0.508 e. The van der Waals surface area contributed by atoms with E-state index < -0.39 is 0 Å². The van der Waals surface area contributed by atoms with Crippen molar-refractivity contribution in [3.05, 3.63) is 77.9 Å². The zero-order valence-corrected chi connectivity index (χ0v) is 21.6. The van der Waals surface area contributed by atoms with Crippen LogP contribution in [0.15, 0.2) is 71.6 Å². The molecule has 0 radical (unpaired) electrons. The quantitative estimate of drug-likeness (QED) is 0.387. The summed E-state index contributed by atoms with van der Waals surface area (Å²) in [6.45, 7) is 7.39. The van der Waals surface area contributed by atoms with Gasteiger partial charge >= 0.3 is 0 Å². The second-order valence-electron chi connectivity index (χ2n) is 9.26. The van der Waals surface area contributed by atoms with Gasteiger partial charge < -0.3 is 19.7 Å². The van der Waals surface area contributed by atoms with Crippen LogP contribution in [0.1, 0.15) is 42.7 Å². The topological polar surface area (TPSA) is 62.2 Å². The van der Waals surface area contributed by atoms with Crippen LogP contribution in [0, 0.1) is 5.92 Å². The standard InChI is InChI=1S/C28H31NO4S.ClH/c1-18-12-13-29(19(18)2)14-15-32-24-9-6-20(7-10-24)27-28(21-4-3-5-22(30)16-21)34-26-17-23(31)8-11-25(26)33-27;/h3-11,16-19,27-28,30-31H,12-15H2,1-2H3;1H/t18-,19+,27-,28+;/m0./s1. The molecule has 0 unspecified atom stereocenters. The van der Waals surface area contributed by atoms with Crippen LogP contribution in [0.2, 0.25) is 0 Å². The van der Waals surface area contributed by atoms with E-state index in [1.54, 1.807) is 42.1 Å². The smallest absolute Gasteiger partial charge is 0.140 e. The summed E-state index contributed by atoms with van der Waals surface area (Å²) < 4.78 is 12.5. The predicted molar refractivity (Wildman–Crippen MR) is 142 cm³/mol. The molecule has 3 aromatic carbocycles. The molecule has 0 saturated carbocycles. The Bertz CT molecular complexity index is 1140. The summed E-state index contributed by atoms with van der Waals surface area (Å²) in [5, 5.41) is 19.9. The number of halogens is 1. The van der Waals surface area contributed by atoms with Crippen molar-refractivity contribution in [3.8, 4) is 23.0 Å². The summed E-state index contributed by atoms with van der Waals surface area (Å²) in [6, 6.07) is 21.2. The highest BCUT2D eigenvalue weighted by molar-refractivity contribution is 7.99. The van der Waals surface area contributed by atoms with Gasteiger partial charge in [0.05, 0.1) is 10.1 Å². The van der Waals surface area contributed by atoms with Crippen molar-refractivity contribution in [3.63, 3.8) is 0 Å². The summed E-state index contributed by atoms with van der Waals surface area (Å²) in [4.78, 5) is 3.39. The maximum absolute atomic E-state index is 10.1. The fourth-order valence-electron chi connectivity index (χ4n) is 4.79. The van der Waals surface area contributed by atoms with Crippen molar-refractivity contribution in [2.45, 2.75) is 42.6 Å². The minimum absolute atomic E-state index is 0. The number of benzene rings is 3. The number of likely N-dealkylation sites (tertiary alicyclic amines) is 1. The number of thioether (sulfide) groups is 1. The molecule has 7 heteroatoms. The zero-order chi connectivity index (χ0) is 23.7. The molecule has 0 aliphatic carbocycles. The van der Waals surface area contributed by atoms with Crippen LogP contribution in [0.3, 0.4) is 0 Å². The van der Waals surface area contributed by atoms with E-state index in [-0.39, 0.29) is 35.3 Å². The lowest BCUT2D eigenvalue weighted by Gasteiger charge is -2.34. The van der Waals surface area contributed by atoms with E-state index in [0.717, 1.165) is 46.5 Å². The lowest BCUT2D eigenvalue weighted by molar-refractivity contribution is 0.189. The van der Waals surface area contributed by atoms with Crippen molar-refractivity contribution in [2.75, 3.05) is 19.7 Å². The van der Waals surface area contributed by atoms with Gasteiger partial charge in [0, 0.05) is 12.6 Å². The third-order valence-electron chi connectivity index (χ3n) is 7.04. The first kappa shape index (κ1) is 25.5. The molecule has 186 valence electrons. The molecule has 2 aliphatic heterocycles. The Hall–Kier alpha value is -2.54. The number of phenols is 2. The Morgan fingerprint density at radius 1 is 0.971 bits per heavy atom. The molecule has 2 aliphatic rings. The molecule has 5 rings (SSSR count). The van der Waals surface area contributed by atoms with Gasteiger partial charge in [-0.2, -0.15) is 0 Å². The number of hydrogen-bond acceptors (Lipinski definition) is 6. The van der Waals surface area contributed by atoms with Gasteiger partial charge in [0.2, 0.25) is 0 Å². The number of aromatic hydroxyl groups is 2. The number of phenolic OH excluding ortho intramolecular Hbond substituents is 2. The number of hydrogen-bond donors (Lipinski definition) is 2. The van der Waals surface area contributed by atoms with Crippen molar-refractivity contribution in [2.24, 2.45) is 5.92 Å². The van der Waals surface area contributed by atoms with E-state index in [2.05, 4.69) is 30.9 Å². The van der Waals surface area contributed by atoms with Crippen LogP contribution in [0.4, 0.5) is 0 Å². The number of fused-ring (bicyclic) bond motifs is 1. The Balaban J connectivity index is 0.00000289. The molecule has 0 amide bonds. The Labute approximate surface area is 217 Å². The summed E-state index contributed by atoms with van der Waals surface area (Å²) >= 11 is 1.64. The summed E-state index contributed by atoms with van der Waals surface area (Å²) in [6.07, 6.45) is 1.02. The molecular weight excluding hydrogens is 482 g/mol.